The summed E-state index contributed by atoms with van der Waals surface area (Å²) in [4.78, 5) is 15.7. The lowest BCUT2D eigenvalue weighted by Crippen LogP contribution is -2.14. The Morgan fingerprint density at radius 1 is 1.33 bits per heavy atom. The number of benzene rings is 1. The molecule has 0 bridgehead atoms. The highest BCUT2D eigenvalue weighted by atomic mass is 35.5. The molecule has 18 heavy (non-hydrogen) atoms. The standard InChI is InChI=1S/C13H10ClFN2O/c1-8-2-3-10(15)11(6-8)17-13(18)12-7-9(14)4-5-16-12/h2-7H,1H3,(H,17,18). The first kappa shape index (κ1) is 12.5. The van der Waals surface area contributed by atoms with Gasteiger partial charge in [0.15, 0.2) is 0 Å². The zero-order valence-corrected chi connectivity index (χ0v) is 10.3. The summed E-state index contributed by atoms with van der Waals surface area (Å²) in [6, 6.07) is 7.47. The van der Waals surface area contributed by atoms with Gasteiger partial charge in [-0.25, -0.2) is 4.39 Å². The molecular formula is C13H10ClFN2O. The summed E-state index contributed by atoms with van der Waals surface area (Å²) < 4.78 is 13.5. The van der Waals surface area contributed by atoms with E-state index in [0.29, 0.717) is 5.02 Å². The molecule has 0 aliphatic carbocycles. The van der Waals surface area contributed by atoms with Crippen molar-refractivity contribution in [3.63, 3.8) is 0 Å². The van der Waals surface area contributed by atoms with Crippen molar-refractivity contribution in [3.8, 4) is 0 Å². The van der Waals surface area contributed by atoms with E-state index in [-0.39, 0.29) is 11.4 Å². The fourth-order valence-corrected chi connectivity index (χ4v) is 1.61. The Labute approximate surface area is 109 Å². The maximum atomic E-state index is 13.5. The number of amides is 1. The first-order chi connectivity index (χ1) is 8.56. The number of nitrogens with zero attached hydrogens (tertiary/aromatic N) is 1. The van der Waals surface area contributed by atoms with Crippen LogP contribution in [0.2, 0.25) is 5.02 Å². The molecule has 92 valence electrons. The van der Waals surface area contributed by atoms with E-state index >= 15 is 0 Å². The zero-order valence-electron chi connectivity index (χ0n) is 9.58. The number of rotatable bonds is 2. The van der Waals surface area contributed by atoms with Crippen LogP contribution in [0.3, 0.4) is 0 Å². The number of hydrogen-bond donors (Lipinski definition) is 1. The van der Waals surface area contributed by atoms with Crippen molar-refractivity contribution < 1.29 is 9.18 Å². The molecule has 1 heterocycles. The molecule has 0 aliphatic heterocycles. The van der Waals surface area contributed by atoms with Crippen molar-refractivity contribution in [1.82, 2.24) is 4.98 Å². The van der Waals surface area contributed by atoms with E-state index in [9.17, 15) is 9.18 Å². The maximum absolute atomic E-state index is 13.5. The second-order valence-electron chi connectivity index (χ2n) is 3.80. The number of halogens is 2. The van der Waals surface area contributed by atoms with Crippen molar-refractivity contribution in [2.24, 2.45) is 0 Å². The Hall–Kier alpha value is -1.94. The lowest BCUT2D eigenvalue weighted by Gasteiger charge is -2.06. The van der Waals surface area contributed by atoms with Crippen LogP contribution in [0.25, 0.3) is 0 Å². The number of hydrogen-bond acceptors (Lipinski definition) is 2. The third-order valence-electron chi connectivity index (χ3n) is 2.32. The third-order valence-corrected chi connectivity index (χ3v) is 2.56. The van der Waals surface area contributed by atoms with Crippen LogP contribution in [0.15, 0.2) is 36.5 Å². The molecule has 0 radical (unpaired) electrons. The van der Waals surface area contributed by atoms with Crippen LogP contribution in [-0.4, -0.2) is 10.9 Å². The van der Waals surface area contributed by atoms with Crippen molar-refractivity contribution in [1.29, 1.82) is 0 Å². The van der Waals surface area contributed by atoms with E-state index < -0.39 is 11.7 Å². The summed E-state index contributed by atoms with van der Waals surface area (Å²) in [6.45, 7) is 1.81. The van der Waals surface area contributed by atoms with Crippen molar-refractivity contribution >= 4 is 23.2 Å². The summed E-state index contributed by atoms with van der Waals surface area (Å²) >= 11 is 5.75. The Morgan fingerprint density at radius 3 is 2.83 bits per heavy atom. The number of nitrogens with one attached hydrogen (secondary N) is 1. The van der Waals surface area contributed by atoms with Crippen molar-refractivity contribution in [2.45, 2.75) is 6.92 Å². The molecule has 0 unspecified atom stereocenters. The van der Waals surface area contributed by atoms with Gasteiger partial charge in [-0.1, -0.05) is 17.7 Å². The molecule has 3 nitrogen and oxygen atoms in total. The van der Waals surface area contributed by atoms with E-state index in [4.69, 9.17) is 11.6 Å². The molecule has 2 aromatic rings. The van der Waals surface area contributed by atoms with E-state index in [2.05, 4.69) is 10.3 Å². The SMILES string of the molecule is Cc1ccc(F)c(NC(=O)c2cc(Cl)ccn2)c1. The van der Waals surface area contributed by atoms with E-state index in [1.807, 2.05) is 6.92 Å². The molecule has 2 rings (SSSR count). The molecule has 0 fully saturated rings. The van der Waals surface area contributed by atoms with Crippen LogP contribution in [0, 0.1) is 12.7 Å². The van der Waals surface area contributed by atoms with Gasteiger partial charge in [0.2, 0.25) is 0 Å². The minimum Gasteiger partial charge on any atom is -0.318 e. The van der Waals surface area contributed by atoms with Crippen LogP contribution in [0.5, 0.6) is 0 Å². The molecule has 1 N–H and O–H groups in total. The van der Waals surface area contributed by atoms with E-state index in [1.165, 1.54) is 18.3 Å². The highest BCUT2D eigenvalue weighted by Gasteiger charge is 2.10. The van der Waals surface area contributed by atoms with Gasteiger partial charge in [-0.3, -0.25) is 9.78 Å². The van der Waals surface area contributed by atoms with Gasteiger partial charge in [0.05, 0.1) is 5.69 Å². The number of aromatic nitrogens is 1. The summed E-state index contributed by atoms with van der Waals surface area (Å²) in [5.74, 6) is -0.988. The number of pyridine rings is 1. The van der Waals surface area contributed by atoms with Gasteiger partial charge in [-0.05, 0) is 36.8 Å². The first-order valence-corrected chi connectivity index (χ1v) is 5.63. The summed E-state index contributed by atoms with van der Waals surface area (Å²) in [7, 11) is 0. The zero-order chi connectivity index (χ0) is 13.1. The molecular weight excluding hydrogens is 255 g/mol. The number of anilines is 1. The van der Waals surface area contributed by atoms with Crippen LogP contribution < -0.4 is 5.32 Å². The molecule has 0 aliphatic rings. The lowest BCUT2D eigenvalue weighted by atomic mass is 10.2. The highest BCUT2D eigenvalue weighted by Crippen LogP contribution is 2.17. The fraction of sp³-hybridized carbons (Fsp3) is 0.0769. The van der Waals surface area contributed by atoms with Crippen molar-refractivity contribution in [2.75, 3.05) is 5.32 Å². The summed E-state index contributed by atoms with van der Waals surface area (Å²) in [6.07, 6.45) is 1.42. The second kappa shape index (κ2) is 5.14. The van der Waals surface area contributed by atoms with Crippen LogP contribution in [-0.2, 0) is 0 Å². The largest absolute Gasteiger partial charge is 0.318 e. The fourth-order valence-electron chi connectivity index (χ4n) is 1.45. The predicted octanol–water partition coefficient (Wildman–Crippen LogP) is 3.43. The average Bonchev–Trinajstić information content (AvgIpc) is 2.34. The number of carbonyl (C=O) groups is 1. The monoisotopic (exact) mass is 264 g/mol. The lowest BCUT2D eigenvalue weighted by molar-refractivity contribution is 0.102. The Morgan fingerprint density at radius 2 is 2.11 bits per heavy atom. The number of carbonyl (C=O) groups excluding carboxylic acids is 1. The quantitative estimate of drug-likeness (QED) is 0.903. The van der Waals surface area contributed by atoms with Gasteiger partial charge in [0.25, 0.3) is 5.91 Å². The molecule has 0 spiro atoms. The van der Waals surface area contributed by atoms with Gasteiger partial charge >= 0.3 is 0 Å². The summed E-state index contributed by atoms with van der Waals surface area (Å²) in [5.41, 5.74) is 1.12. The molecule has 1 amide bonds. The minimum absolute atomic E-state index is 0.127. The van der Waals surface area contributed by atoms with Crippen LogP contribution >= 0.6 is 11.6 Å². The van der Waals surface area contributed by atoms with Crippen LogP contribution in [0.1, 0.15) is 16.1 Å². The van der Waals surface area contributed by atoms with Gasteiger partial charge in [-0.15, -0.1) is 0 Å². The maximum Gasteiger partial charge on any atom is 0.274 e. The molecule has 0 atom stereocenters. The Bertz CT molecular complexity index is 601. The molecule has 1 aromatic heterocycles. The number of aryl methyl sites for hydroxylation is 1. The van der Waals surface area contributed by atoms with Gasteiger partial charge in [0, 0.05) is 11.2 Å². The molecule has 0 saturated heterocycles. The smallest absolute Gasteiger partial charge is 0.274 e. The minimum atomic E-state index is -0.498. The van der Waals surface area contributed by atoms with Gasteiger partial charge in [-0.2, -0.15) is 0 Å². The second-order valence-corrected chi connectivity index (χ2v) is 4.23. The van der Waals surface area contributed by atoms with E-state index in [0.717, 1.165) is 5.56 Å². The summed E-state index contributed by atoms with van der Waals surface area (Å²) in [5, 5.41) is 2.86. The first-order valence-electron chi connectivity index (χ1n) is 5.25. The van der Waals surface area contributed by atoms with E-state index in [1.54, 1.807) is 18.2 Å². The molecule has 5 heteroatoms. The van der Waals surface area contributed by atoms with Crippen molar-refractivity contribution in [3.05, 3.63) is 58.6 Å². The van der Waals surface area contributed by atoms with Gasteiger partial charge in [0.1, 0.15) is 11.5 Å². The molecule has 0 saturated carbocycles. The Balaban J connectivity index is 2.24. The van der Waals surface area contributed by atoms with Crippen LogP contribution in [0.4, 0.5) is 10.1 Å². The highest BCUT2D eigenvalue weighted by molar-refractivity contribution is 6.30. The topological polar surface area (TPSA) is 42.0 Å². The predicted molar refractivity (Wildman–Crippen MR) is 68.3 cm³/mol. The molecule has 1 aromatic carbocycles. The third kappa shape index (κ3) is 2.84. The average molecular weight is 265 g/mol. The Kier molecular flexibility index (Phi) is 3.58. The van der Waals surface area contributed by atoms with Gasteiger partial charge < -0.3 is 5.32 Å². The normalized spacial score (nSPS) is 10.2.